The molecule has 2 amide bonds. The SMILES string of the molecule is CCOC(=O)c1c(Nc2ccc(C)cc2F)n(C)c(=O)c2sc(N(C(=O)OC(C)(C)C)C(=O)OC(C)(C)C)nc12. The van der Waals surface area contributed by atoms with E-state index < -0.39 is 40.7 Å². The summed E-state index contributed by atoms with van der Waals surface area (Å²) in [6.07, 6.45) is -2.18. The van der Waals surface area contributed by atoms with E-state index in [0.29, 0.717) is 21.8 Å². The maximum Gasteiger partial charge on any atom is 0.426 e. The number of pyridine rings is 1. The highest BCUT2D eigenvalue weighted by atomic mass is 32.1. The highest BCUT2D eigenvalue weighted by Crippen LogP contribution is 2.35. The standard InChI is InChI=1S/C27H33FN4O7S/c1-10-37-22(34)17-18-19(21(33)31(9)20(17)29-16-12-11-14(2)13-15(16)28)40-23(30-18)32(24(35)38-26(3,4)5)25(36)39-27(6,7)8/h11-13,29H,10H2,1-9H3. The van der Waals surface area contributed by atoms with Gasteiger partial charge in [0.2, 0.25) is 5.13 Å². The second-order valence-electron chi connectivity index (χ2n) is 10.9. The molecule has 1 N–H and O–H groups in total. The third-order valence-electron chi connectivity index (χ3n) is 5.12. The van der Waals surface area contributed by atoms with Gasteiger partial charge < -0.3 is 19.5 Å². The molecule has 3 aromatic rings. The van der Waals surface area contributed by atoms with Crippen molar-refractivity contribution < 1.29 is 33.0 Å². The second-order valence-corrected chi connectivity index (χ2v) is 11.9. The smallest absolute Gasteiger partial charge is 0.426 e. The first-order valence-corrected chi connectivity index (χ1v) is 13.2. The molecule has 0 atom stereocenters. The second kappa shape index (κ2) is 11.2. The zero-order valence-corrected chi connectivity index (χ0v) is 24.7. The molecule has 216 valence electrons. The van der Waals surface area contributed by atoms with Crippen molar-refractivity contribution in [3.8, 4) is 0 Å². The molecule has 0 saturated carbocycles. The van der Waals surface area contributed by atoms with E-state index in [1.165, 1.54) is 19.2 Å². The van der Waals surface area contributed by atoms with Gasteiger partial charge >= 0.3 is 18.2 Å². The summed E-state index contributed by atoms with van der Waals surface area (Å²) in [6, 6.07) is 4.42. The number of hydrogen-bond acceptors (Lipinski definition) is 10. The molecule has 0 aliphatic carbocycles. The van der Waals surface area contributed by atoms with Crippen LogP contribution in [0, 0.1) is 12.7 Å². The van der Waals surface area contributed by atoms with Gasteiger partial charge in [0.1, 0.15) is 38.6 Å². The van der Waals surface area contributed by atoms with E-state index in [4.69, 9.17) is 14.2 Å². The third-order valence-corrected chi connectivity index (χ3v) is 6.15. The van der Waals surface area contributed by atoms with Gasteiger partial charge in [-0.1, -0.05) is 17.4 Å². The molecule has 0 aliphatic rings. The maximum absolute atomic E-state index is 14.7. The Morgan fingerprint density at radius 1 is 1.07 bits per heavy atom. The molecule has 0 fully saturated rings. The maximum atomic E-state index is 14.7. The van der Waals surface area contributed by atoms with E-state index in [1.54, 1.807) is 61.5 Å². The predicted molar refractivity (Wildman–Crippen MR) is 150 cm³/mol. The summed E-state index contributed by atoms with van der Waals surface area (Å²) in [4.78, 5) is 57.9. The molecule has 3 rings (SSSR count). The molecule has 11 nitrogen and oxygen atoms in total. The lowest BCUT2D eigenvalue weighted by molar-refractivity contribution is 0.0429. The van der Waals surface area contributed by atoms with Gasteiger partial charge in [0, 0.05) is 7.05 Å². The summed E-state index contributed by atoms with van der Waals surface area (Å²) in [5.74, 6) is -1.55. The number of nitrogens with one attached hydrogen (secondary N) is 1. The Morgan fingerprint density at radius 3 is 2.15 bits per heavy atom. The number of esters is 1. The lowest BCUT2D eigenvalue weighted by Gasteiger charge is -2.27. The Bertz CT molecular complexity index is 1500. The number of benzene rings is 1. The topological polar surface area (TPSA) is 129 Å². The molecular weight excluding hydrogens is 543 g/mol. The number of rotatable bonds is 5. The Balaban J connectivity index is 2.30. The van der Waals surface area contributed by atoms with Crippen LogP contribution in [0.1, 0.15) is 64.4 Å². The molecular formula is C27H33FN4O7S. The molecule has 40 heavy (non-hydrogen) atoms. The van der Waals surface area contributed by atoms with Crippen LogP contribution < -0.4 is 15.8 Å². The Hall–Kier alpha value is -4.00. The minimum Gasteiger partial charge on any atom is -0.462 e. The molecule has 2 heterocycles. The van der Waals surface area contributed by atoms with E-state index in [9.17, 15) is 23.6 Å². The van der Waals surface area contributed by atoms with Gasteiger partial charge in [-0.15, -0.1) is 0 Å². The molecule has 0 aliphatic heterocycles. The van der Waals surface area contributed by atoms with Gasteiger partial charge in [0.05, 0.1) is 12.3 Å². The fourth-order valence-corrected chi connectivity index (χ4v) is 4.52. The van der Waals surface area contributed by atoms with Gasteiger partial charge in [0.15, 0.2) is 0 Å². The van der Waals surface area contributed by atoms with Crippen LogP contribution in [-0.4, -0.2) is 45.5 Å². The predicted octanol–water partition coefficient (Wildman–Crippen LogP) is 6.04. The number of carbonyl (C=O) groups excluding carboxylic acids is 3. The van der Waals surface area contributed by atoms with Crippen LogP contribution >= 0.6 is 11.3 Å². The van der Waals surface area contributed by atoms with Crippen molar-refractivity contribution in [2.24, 2.45) is 7.05 Å². The lowest BCUT2D eigenvalue weighted by Crippen LogP contribution is -2.43. The number of amides is 2. The zero-order valence-electron chi connectivity index (χ0n) is 23.9. The lowest BCUT2D eigenvalue weighted by atomic mass is 10.2. The molecule has 1 aromatic carbocycles. The molecule has 13 heteroatoms. The number of halogens is 1. The number of nitrogens with zero attached hydrogens (tertiary/aromatic N) is 3. The van der Waals surface area contributed by atoms with E-state index >= 15 is 0 Å². The first kappa shape index (κ1) is 30.5. The molecule has 0 saturated heterocycles. The van der Waals surface area contributed by atoms with Crippen molar-refractivity contribution in [1.82, 2.24) is 9.55 Å². The first-order valence-electron chi connectivity index (χ1n) is 12.4. The third kappa shape index (κ3) is 6.76. The number of ether oxygens (including phenoxy) is 3. The Morgan fingerprint density at radius 2 is 1.65 bits per heavy atom. The fourth-order valence-electron chi connectivity index (χ4n) is 3.49. The summed E-state index contributed by atoms with van der Waals surface area (Å²) in [5, 5.41) is 2.55. The Kier molecular flexibility index (Phi) is 8.58. The molecule has 0 bridgehead atoms. The number of anilines is 3. The first-order chi connectivity index (χ1) is 18.4. The average molecular weight is 577 g/mol. The molecule has 0 radical (unpaired) electrons. The number of imide groups is 1. The molecule has 0 spiro atoms. The minimum absolute atomic E-state index is 0.000433. The number of aromatic nitrogens is 2. The Labute approximate surface area is 234 Å². The van der Waals surface area contributed by atoms with Crippen molar-refractivity contribution in [2.45, 2.75) is 66.6 Å². The van der Waals surface area contributed by atoms with Crippen molar-refractivity contribution in [1.29, 1.82) is 0 Å². The van der Waals surface area contributed by atoms with Crippen LogP contribution in [0.2, 0.25) is 0 Å². The van der Waals surface area contributed by atoms with Gasteiger partial charge in [-0.2, -0.15) is 4.90 Å². The van der Waals surface area contributed by atoms with Gasteiger partial charge in [0.25, 0.3) is 5.56 Å². The van der Waals surface area contributed by atoms with Crippen molar-refractivity contribution in [3.63, 3.8) is 0 Å². The van der Waals surface area contributed by atoms with Gasteiger partial charge in [-0.25, -0.2) is 23.8 Å². The van der Waals surface area contributed by atoms with Gasteiger partial charge in [-0.05, 0) is 73.1 Å². The zero-order chi connectivity index (χ0) is 30.2. The summed E-state index contributed by atoms with van der Waals surface area (Å²) in [7, 11) is 1.39. The number of hydrogen-bond donors (Lipinski definition) is 1. The summed E-state index contributed by atoms with van der Waals surface area (Å²) in [6.45, 7) is 13.0. The van der Waals surface area contributed by atoms with E-state index in [1.807, 2.05) is 0 Å². The fraction of sp³-hybridized carbons (Fsp3) is 0.444. The summed E-state index contributed by atoms with van der Waals surface area (Å²) < 4.78 is 31.8. The highest BCUT2D eigenvalue weighted by molar-refractivity contribution is 7.22. The number of aryl methyl sites for hydroxylation is 1. The van der Waals surface area contributed by atoms with Gasteiger partial charge in [-0.3, -0.25) is 9.36 Å². The summed E-state index contributed by atoms with van der Waals surface area (Å²) >= 11 is 0.695. The van der Waals surface area contributed by atoms with Crippen molar-refractivity contribution in [2.75, 3.05) is 16.8 Å². The average Bonchev–Trinajstić information content (AvgIpc) is 3.21. The number of carbonyl (C=O) groups is 3. The quantitative estimate of drug-likeness (QED) is 0.285. The van der Waals surface area contributed by atoms with Crippen molar-refractivity contribution in [3.05, 3.63) is 45.5 Å². The highest BCUT2D eigenvalue weighted by Gasteiger charge is 2.36. The number of fused-ring (bicyclic) bond motifs is 1. The minimum atomic E-state index is -1.09. The largest absolute Gasteiger partial charge is 0.462 e. The van der Waals surface area contributed by atoms with Crippen LogP contribution in [0.4, 0.5) is 30.6 Å². The van der Waals surface area contributed by atoms with E-state index in [-0.39, 0.29) is 39.0 Å². The van der Waals surface area contributed by atoms with Crippen LogP contribution in [0.5, 0.6) is 0 Å². The van der Waals surface area contributed by atoms with Crippen LogP contribution in [-0.2, 0) is 21.3 Å². The van der Waals surface area contributed by atoms with E-state index in [0.717, 1.165) is 4.57 Å². The van der Waals surface area contributed by atoms with Crippen LogP contribution in [0.25, 0.3) is 10.2 Å². The monoisotopic (exact) mass is 576 g/mol. The van der Waals surface area contributed by atoms with Crippen molar-refractivity contribution >= 4 is 56.3 Å². The van der Waals surface area contributed by atoms with E-state index in [2.05, 4.69) is 10.3 Å². The number of thiazole rings is 1. The summed E-state index contributed by atoms with van der Waals surface area (Å²) in [5.41, 5.74) is -2.22. The molecule has 2 aromatic heterocycles. The normalized spacial score (nSPS) is 11.8. The van der Waals surface area contributed by atoms with Crippen LogP contribution in [0.15, 0.2) is 23.0 Å². The molecule has 0 unspecified atom stereocenters. The van der Waals surface area contributed by atoms with Crippen LogP contribution in [0.3, 0.4) is 0 Å².